The minimum absolute atomic E-state index is 0.0303. The summed E-state index contributed by atoms with van der Waals surface area (Å²) in [5.74, 6) is 1.68. The van der Waals surface area contributed by atoms with Crippen molar-refractivity contribution in [1.29, 1.82) is 0 Å². The Morgan fingerprint density at radius 3 is 2.37 bits per heavy atom. The lowest BCUT2D eigenvalue weighted by molar-refractivity contribution is -0.137. The first-order valence-electron chi connectivity index (χ1n) is 21.9. The van der Waals surface area contributed by atoms with E-state index in [1.807, 2.05) is 50.5 Å². The highest BCUT2D eigenvalue weighted by Crippen LogP contribution is 2.44. The number of fused-ring (bicyclic) bond motifs is 6. The van der Waals surface area contributed by atoms with Gasteiger partial charge in [0.1, 0.15) is 36.1 Å². The minimum atomic E-state index is -0.741. The summed E-state index contributed by atoms with van der Waals surface area (Å²) < 4.78 is 21.6. The van der Waals surface area contributed by atoms with Crippen LogP contribution >= 0.6 is 0 Å². The second kappa shape index (κ2) is 17.9. The molecule has 8 rings (SSSR count). The molecule has 63 heavy (non-hydrogen) atoms. The number of H-pyrrole nitrogens is 2. The Hall–Kier alpha value is -6.16. The lowest BCUT2D eigenvalue weighted by atomic mass is 9.92. The minimum Gasteiger partial charge on any atom is -0.488 e. The molecule has 0 saturated carbocycles. The number of alkyl carbamates (subject to hydrolysis) is 2. The Labute approximate surface area is 366 Å². The van der Waals surface area contributed by atoms with Crippen LogP contribution in [0.15, 0.2) is 48.7 Å². The number of nitrogens with zero attached hydrogens (tertiary/aromatic N) is 4. The maximum absolute atomic E-state index is 14.1. The monoisotopic (exact) mass is 862 g/mol. The molecule has 5 heterocycles. The molecule has 16 heteroatoms. The van der Waals surface area contributed by atoms with Crippen LogP contribution in [0.5, 0.6) is 5.75 Å². The van der Waals surface area contributed by atoms with E-state index in [-0.39, 0.29) is 47.7 Å². The number of carbonyl (C=O) groups excluding carboxylic acids is 4. The van der Waals surface area contributed by atoms with Gasteiger partial charge in [0.25, 0.3) is 0 Å². The summed E-state index contributed by atoms with van der Waals surface area (Å²) >= 11 is 0. The van der Waals surface area contributed by atoms with E-state index >= 15 is 0 Å². The zero-order valence-electron chi connectivity index (χ0n) is 37.2. The fraction of sp³-hybridized carbons (Fsp3) is 0.489. The van der Waals surface area contributed by atoms with Crippen LogP contribution in [-0.2, 0) is 30.4 Å². The van der Waals surface area contributed by atoms with Crippen molar-refractivity contribution in [3.05, 3.63) is 65.9 Å². The van der Waals surface area contributed by atoms with Gasteiger partial charge < -0.3 is 49.3 Å². The quantitative estimate of drug-likeness (QED) is 0.0982. The first-order chi connectivity index (χ1) is 30.3. The van der Waals surface area contributed by atoms with E-state index in [2.05, 4.69) is 57.0 Å². The predicted octanol–water partition coefficient (Wildman–Crippen LogP) is 7.40. The number of carbonyl (C=O) groups is 4. The fourth-order valence-electron chi connectivity index (χ4n) is 9.60. The van der Waals surface area contributed by atoms with Gasteiger partial charge >= 0.3 is 12.2 Å². The van der Waals surface area contributed by atoms with Crippen molar-refractivity contribution in [1.82, 2.24) is 40.4 Å². The number of ether oxygens (including phenoxy) is 4. The van der Waals surface area contributed by atoms with Gasteiger partial charge in [-0.05, 0) is 84.4 Å². The number of likely N-dealkylation sites (tertiary alicyclic amines) is 2. The molecule has 4 amide bonds. The van der Waals surface area contributed by atoms with E-state index in [1.54, 1.807) is 13.3 Å². The van der Waals surface area contributed by atoms with Crippen LogP contribution in [0.1, 0.15) is 89.6 Å². The molecule has 3 aliphatic heterocycles. The average Bonchev–Trinajstić information content (AvgIpc) is 4.11. The Balaban J connectivity index is 1.05. The summed E-state index contributed by atoms with van der Waals surface area (Å²) in [7, 11) is 4.25. The van der Waals surface area contributed by atoms with Crippen molar-refractivity contribution in [3.8, 4) is 28.1 Å². The number of hydrogen-bond acceptors (Lipinski definition) is 10. The summed E-state index contributed by atoms with van der Waals surface area (Å²) in [6.45, 7) is 11.1. The van der Waals surface area contributed by atoms with Crippen molar-refractivity contribution in [2.75, 3.05) is 34.5 Å². The van der Waals surface area contributed by atoms with Crippen molar-refractivity contribution in [2.45, 2.75) is 97.1 Å². The lowest BCUT2D eigenvalue weighted by Gasteiger charge is -2.32. The van der Waals surface area contributed by atoms with Crippen LogP contribution in [0.4, 0.5) is 9.59 Å². The first kappa shape index (κ1) is 43.5. The highest BCUT2D eigenvalue weighted by molar-refractivity contribution is 6.07. The van der Waals surface area contributed by atoms with E-state index in [1.165, 1.54) is 14.2 Å². The summed E-state index contributed by atoms with van der Waals surface area (Å²) in [5.41, 5.74) is 6.51. The molecule has 4 N–H and O–H groups in total. The predicted molar refractivity (Wildman–Crippen MR) is 237 cm³/mol. The normalized spacial score (nSPS) is 20.8. The number of imidazole rings is 2. The molecule has 0 radical (unpaired) electrons. The van der Waals surface area contributed by atoms with E-state index in [4.69, 9.17) is 28.9 Å². The van der Waals surface area contributed by atoms with Gasteiger partial charge in [-0.2, -0.15) is 0 Å². The van der Waals surface area contributed by atoms with Gasteiger partial charge in [0, 0.05) is 36.6 Å². The number of aromatic nitrogens is 4. The third-order valence-electron chi connectivity index (χ3n) is 13.2. The largest absolute Gasteiger partial charge is 0.488 e. The molecule has 2 saturated heterocycles. The van der Waals surface area contributed by atoms with E-state index < -0.39 is 24.3 Å². The smallest absolute Gasteiger partial charge is 0.407 e. The maximum atomic E-state index is 14.1. The number of aromatic amines is 2. The number of nitrogens with one attached hydrogen (secondary N) is 4. The molecule has 0 aliphatic carbocycles. The van der Waals surface area contributed by atoms with Crippen LogP contribution in [0.25, 0.3) is 44.2 Å². The van der Waals surface area contributed by atoms with Crippen molar-refractivity contribution < 1.29 is 38.1 Å². The topological polar surface area (TPSA) is 193 Å². The van der Waals surface area contributed by atoms with Gasteiger partial charge in [-0.1, -0.05) is 52.3 Å². The van der Waals surface area contributed by atoms with Crippen LogP contribution in [0.3, 0.4) is 0 Å². The molecule has 7 atom stereocenters. The highest BCUT2D eigenvalue weighted by Gasteiger charge is 2.43. The van der Waals surface area contributed by atoms with Gasteiger partial charge in [-0.25, -0.2) is 19.6 Å². The second-order valence-electron chi connectivity index (χ2n) is 17.6. The third kappa shape index (κ3) is 8.28. The molecule has 0 spiro atoms. The highest BCUT2D eigenvalue weighted by atomic mass is 16.5. The first-order valence-corrected chi connectivity index (χ1v) is 21.9. The van der Waals surface area contributed by atoms with Crippen molar-refractivity contribution in [3.63, 3.8) is 0 Å². The van der Waals surface area contributed by atoms with Crippen LogP contribution in [0, 0.1) is 17.8 Å². The van der Waals surface area contributed by atoms with Gasteiger partial charge in [-0.3, -0.25) is 9.59 Å². The van der Waals surface area contributed by atoms with Crippen LogP contribution in [0.2, 0.25) is 0 Å². The summed E-state index contributed by atoms with van der Waals surface area (Å²) in [5, 5.41) is 7.46. The van der Waals surface area contributed by atoms with Gasteiger partial charge in [-0.15, -0.1) is 0 Å². The Morgan fingerprint density at radius 2 is 1.65 bits per heavy atom. The zero-order valence-corrected chi connectivity index (χ0v) is 37.2. The SMILES string of the molecule is CC[C@@H](C)[C@H](NC(=O)OC)C(=O)N1C[C@@H](COC)C[C@H]1c1ncc(-c2ccc3c(c2)COc2cc4c(ccc5[nH]c([C@@H]6CC[C@H](C)N6C(=O)[C@@H](NC(=O)OC)C(C)C)nc54)cc2-3)[nH]1. The van der Waals surface area contributed by atoms with Gasteiger partial charge in [0.05, 0.1) is 55.8 Å². The molecule has 0 bridgehead atoms. The summed E-state index contributed by atoms with van der Waals surface area (Å²) in [6.07, 6.45) is 3.45. The van der Waals surface area contributed by atoms with Crippen LogP contribution in [-0.4, -0.2) is 106 Å². The summed E-state index contributed by atoms with van der Waals surface area (Å²) in [4.78, 5) is 73.2. The molecular weight excluding hydrogens is 805 g/mol. The van der Waals surface area contributed by atoms with E-state index in [0.717, 1.165) is 68.3 Å². The standard InChI is InChI=1S/C47H58N8O8/c1-9-25(4)40(53-47(59)62-8)44(56)54-21-27(22-60-6)16-37(54)42-48-20-35(50-42)29-11-13-31-30(17-29)23-63-38-19-32-28(18-33(31)38)12-14-34-41(32)51-43(49-34)36-15-10-26(5)55(36)45(57)39(24(2)3)52-46(58)61-7/h11-14,17-20,24-27,36-37,39-40H,9-10,15-16,21-23H2,1-8H3,(H,48,50)(H,49,51)(H,52,58)(H,53,59)/t25-,26+,27+,36+,37+,39+,40+/m1/s1. The number of methoxy groups -OCH3 is 3. The van der Waals surface area contributed by atoms with Crippen molar-refractivity contribution in [2.24, 2.45) is 17.8 Å². The molecule has 0 unspecified atom stereocenters. The number of benzene rings is 3. The molecule has 2 fully saturated rings. The average molecular weight is 863 g/mol. The lowest BCUT2D eigenvalue weighted by Crippen LogP contribution is -2.52. The van der Waals surface area contributed by atoms with E-state index in [0.29, 0.717) is 44.2 Å². The maximum Gasteiger partial charge on any atom is 0.407 e. The van der Waals surface area contributed by atoms with Crippen LogP contribution < -0.4 is 15.4 Å². The molecule has 334 valence electrons. The number of hydrogen-bond donors (Lipinski definition) is 4. The molecule has 2 aromatic heterocycles. The van der Waals surface area contributed by atoms with E-state index in [9.17, 15) is 19.2 Å². The Bertz CT molecular complexity index is 2530. The number of rotatable bonds is 12. The fourth-order valence-corrected chi connectivity index (χ4v) is 9.60. The Morgan fingerprint density at radius 1 is 0.889 bits per heavy atom. The van der Waals surface area contributed by atoms with Gasteiger partial charge in [0.15, 0.2) is 0 Å². The molecule has 3 aromatic carbocycles. The van der Waals surface area contributed by atoms with Gasteiger partial charge in [0.2, 0.25) is 11.8 Å². The molecule has 3 aliphatic rings. The zero-order chi connectivity index (χ0) is 44.7. The second-order valence-corrected chi connectivity index (χ2v) is 17.6. The molecule has 5 aromatic rings. The summed E-state index contributed by atoms with van der Waals surface area (Å²) in [6, 6.07) is 12.5. The Kier molecular flexibility index (Phi) is 12.4. The molecular formula is C47H58N8O8. The molecule has 16 nitrogen and oxygen atoms in total. The van der Waals surface area contributed by atoms with Crippen molar-refractivity contribution >= 4 is 45.8 Å². The third-order valence-corrected chi connectivity index (χ3v) is 13.2. The number of amides is 4.